The molecule has 0 spiro atoms. The molecule has 0 atom stereocenters. The SMILES string of the molecule is CCC(CC)Nc1nccc(C(=O)OC)c1N. The molecule has 5 heteroatoms. The Balaban J connectivity index is 2.97. The van der Waals surface area contributed by atoms with Crippen LogP contribution in [0.25, 0.3) is 0 Å². The minimum atomic E-state index is -0.447. The molecule has 1 aromatic heterocycles. The number of nitrogens with one attached hydrogen (secondary N) is 1. The lowest BCUT2D eigenvalue weighted by molar-refractivity contribution is 0.0602. The highest BCUT2D eigenvalue weighted by atomic mass is 16.5. The number of carbonyl (C=O) groups is 1. The molecule has 0 saturated heterocycles. The van der Waals surface area contributed by atoms with Gasteiger partial charge in [0, 0.05) is 12.2 Å². The normalized spacial score (nSPS) is 10.4. The number of rotatable bonds is 5. The van der Waals surface area contributed by atoms with E-state index in [4.69, 9.17) is 5.73 Å². The summed E-state index contributed by atoms with van der Waals surface area (Å²) in [4.78, 5) is 15.6. The third kappa shape index (κ3) is 3.09. The van der Waals surface area contributed by atoms with Gasteiger partial charge in [-0.3, -0.25) is 0 Å². The van der Waals surface area contributed by atoms with E-state index >= 15 is 0 Å². The average Bonchev–Trinajstić information content (AvgIpc) is 2.36. The number of hydrogen-bond acceptors (Lipinski definition) is 5. The Morgan fingerprint density at radius 1 is 1.53 bits per heavy atom. The predicted octanol–water partition coefficient (Wildman–Crippen LogP) is 2.05. The largest absolute Gasteiger partial charge is 0.465 e. The number of aromatic nitrogens is 1. The summed E-state index contributed by atoms with van der Waals surface area (Å²) in [7, 11) is 1.33. The third-order valence-electron chi connectivity index (χ3n) is 2.72. The Kier molecular flexibility index (Phi) is 4.75. The molecule has 3 N–H and O–H groups in total. The molecule has 0 unspecified atom stereocenters. The van der Waals surface area contributed by atoms with Crippen LogP contribution in [0.2, 0.25) is 0 Å². The summed E-state index contributed by atoms with van der Waals surface area (Å²) in [6.07, 6.45) is 3.49. The molecular weight excluding hydrogens is 218 g/mol. The van der Waals surface area contributed by atoms with E-state index < -0.39 is 5.97 Å². The first kappa shape index (κ1) is 13.3. The molecule has 1 heterocycles. The zero-order valence-corrected chi connectivity index (χ0v) is 10.5. The second-order valence-corrected chi connectivity index (χ2v) is 3.77. The van der Waals surface area contributed by atoms with Crippen molar-refractivity contribution in [3.8, 4) is 0 Å². The molecular formula is C12H19N3O2. The van der Waals surface area contributed by atoms with Crippen LogP contribution < -0.4 is 11.1 Å². The van der Waals surface area contributed by atoms with Gasteiger partial charge >= 0.3 is 5.97 Å². The topological polar surface area (TPSA) is 77.2 Å². The summed E-state index contributed by atoms with van der Waals surface area (Å²) < 4.78 is 4.66. The number of methoxy groups -OCH3 is 1. The van der Waals surface area contributed by atoms with Crippen LogP contribution in [0.1, 0.15) is 37.0 Å². The number of nitrogen functional groups attached to an aromatic ring is 1. The fourth-order valence-electron chi connectivity index (χ4n) is 1.56. The summed E-state index contributed by atoms with van der Waals surface area (Å²) in [6.45, 7) is 4.17. The van der Waals surface area contributed by atoms with Crippen molar-refractivity contribution in [2.45, 2.75) is 32.7 Å². The van der Waals surface area contributed by atoms with Gasteiger partial charge in [-0.2, -0.15) is 0 Å². The monoisotopic (exact) mass is 237 g/mol. The van der Waals surface area contributed by atoms with Crippen molar-refractivity contribution in [3.63, 3.8) is 0 Å². The van der Waals surface area contributed by atoms with Gasteiger partial charge in [0.15, 0.2) is 0 Å². The summed E-state index contributed by atoms with van der Waals surface area (Å²) in [5, 5.41) is 3.22. The summed E-state index contributed by atoms with van der Waals surface area (Å²) >= 11 is 0. The highest BCUT2D eigenvalue weighted by molar-refractivity contribution is 5.97. The smallest absolute Gasteiger partial charge is 0.340 e. The first-order chi connectivity index (χ1) is 8.13. The number of ether oxygens (including phenoxy) is 1. The second kappa shape index (κ2) is 6.08. The van der Waals surface area contributed by atoms with Crippen LogP contribution in [0.5, 0.6) is 0 Å². The van der Waals surface area contributed by atoms with Gasteiger partial charge in [-0.05, 0) is 18.9 Å². The molecule has 0 aliphatic rings. The van der Waals surface area contributed by atoms with E-state index in [0.29, 0.717) is 23.1 Å². The fraction of sp³-hybridized carbons (Fsp3) is 0.500. The lowest BCUT2D eigenvalue weighted by Gasteiger charge is -2.17. The second-order valence-electron chi connectivity index (χ2n) is 3.77. The molecule has 0 fully saturated rings. The van der Waals surface area contributed by atoms with Crippen molar-refractivity contribution >= 4 is 17.5 Å². The summed E-state index contributed by atoms with van der Waals surface area (Å²) in [5.41, 5.74) is 6.57. The Bertz CT molecular complexity index is 389. The van der Waals surface area contributed by atoms with E-state index in [0.717, 1.165) is 12.8 Å². The number of nitrogens with zero attached hydrogens (tertiary/aromatic N) is 1. The fourth-order valence-corrected chi connectivity index (χ4v) is 1.56. The maximum Gasteiger partial charge on any atom is 0.340 e. The van der Waals surface area contributed by atoms with E-state index in [1.807, 2.05) is 0 Å². The van der Waals surface area contributed by atoms with E-state index in [1.54, 1.807) is 12.3 Å². The van der Waals surface area contributed by atoms with Gasteiger partial charge in [0.25, 0.3) is 0 Å². The maximum absolute atomic E-state index is 11.5. The molecule has 0 aliphatic heterocycles. The minimum absolute atomic E-state index is 0.303. The summed E-state index contributed by atoms with van der Waals surface area (Å²) in [6, 6.07) is 1.86. The number of hydrogen-bond donors (Lipinski definition) is 2. The van der Waals surface area contributed by atoms with Crippen LogP contribution >= 0.6 is 0 Å². The lowest BCUT2D eigenvalue weighted by atomic mass is 10.1. The molecule has 0 aliphatic carbocycles. The molecule has 5 nitrogen and oxygen atoms in total. The molecule has 0 saturated carbocycles. The van der Waals surface area contributed by atoms with E-state index in [2.05, 4.69) is 28.9 Å². The van der Waals surface area contributed by atoms with Gasteiger partial charge in [0.2, 0.25) is 0 Å². The Morgan fingerprint density at radius 2 is 2.18 bits per heavy atom. The molecule has 1 aromatic rings. The standard InChI is InChI=1S/C12H19N3O2/c1-4-8(5-2)15-11-10(13)9(6-7-14-11)12(16)17-3/h6-8H,4-5,13H2,1-3H3,(H,14,15). The van der Waals surface area contributed by atoms with Crippen molar-refractivity contribution in [2.75, 3.05) is 18.2 Å². The molecule has 1 rings (SSSR count). The van der Waals surface area contributed by atoms with Gasteiger partial charge in [-0.1, -0.05) is 13.8 Å². The highest BCUT2D eigenvalue weighted by Gasteiger charge is 2.15. The number of pyridine rings is 1. The lowest BCUT2D eigenvalue weighted by Crippen LogP contribution is -2.20. The average molecular weight is 237 g/mol. The molecule has 0 bridgehead atoms. The predicted molar refractivity (Wildman–Crippen MR) is 68.0 cm³/mol. The van der Waals surface area contributed by atoms with E-state index in [9.17, 15) is 4.79 Å². The van der Waals surface area contributed by atoms with Crippen LogP contribution in [0, 0.1) is 0 Å². The zero-order valence-electron chi connectivity index (χ0n) is 10.5. The number of esters is 1. The van der Waals surface area contributed by atoms with Gasteiger partial charge in [0.1, 0.15) is 5.82 Å². The van der Waals surface area contributed by atoms with Crippen LogP contribution in [0.4, 0.5) is 11.5 Å². The van der Waals surface area contributed by atoms with Crippen LogP contribution in [-0.2, 0) is 4.74 Å². The Morgan fingerprint density at radius 3 is 2.71 bits per heavy atom. The molecule has 94 valence electrons. The molecule has 0 amide bonds. The highest BCUT2D eigenvalue weighted by Crippen LogP contribution is 2.22. The van der Waals surface area contributed by atoms with Crippen molar-refractivity contribution < 1.29 is 9.53 Å². The van der Waals surface area contributed by atoms with Crippen molar-refractivity contribution in [1.82, 2.24) is 4.98 Å². The number of carbonyl (C=O) groups excluding carboxylic acids is 1. The first-order valence-corrected chi connectivity index (χ1v) is 5.73. The van der Waals surface area contributed by atoms with Crippen LogP contribution in [0.15, 0.2) is 12.3 Å². The zero-order chi connectivity index (χ0) is 12.8. The van der Waals surface area contributed by atoms with Crippen LogP contribution in [0.3, 0.4) is 0 Å². The van der Waals surface area contributed by atoms with Crippen molar-refractivity contribution in [3.05, 3.63) is 17.8 Å². The van der Waals surface area contributed by atoms with Gasteiger partial charge in [-0.15, -0.1) is 0 Å². The quantitative estimate of drug-likeness (QED) is 0.766. The molecule has 0 radical (unpaired) electrons. The maximum atomic E-state index is 11.5. The Labute approximate surface area is 101 Å². The molecule has 0 aromatic carbocycles. The van der Waals surface area contributed by atoms with E-state index in [-0.39, 0.29) is 0 Å². The van der Waals surface area contributed by atoms with Crippen molar-refractivity contribution in [2.24, 2.45) is 0 Å². The van der Waals surface area contributed by atoms with E-state index in [1.165, 1.54) is 7.11 Å². The number of nitrogens with two attached hydrogens (primary N) is 1. The molecule has 17 heavy (non-hydrogen) atoms. The summed E-state index contributed by atoms with van der Waals surface area (Å²) in [5.74, 6) is 0.0964. The van der Waals surface area contributed by atoms with Crippen LogP contribution in [-0.4, -0.2) is 24.1 Å². The minimum Gasteiger partial charge on any atom is -0.465 e. The van der Waals surface area contributed by atoms with Gasteiger partial charge < -0.3 is 15.8 Å². The van der Waals surface area contributed by atoms with Crippen molar-refractivity contribution in [1.29, 1.82) is 0 Å². The third-order valence-corrected chi connectivity index (χ3v) is 2.72. The van der Waals surface area contributed by atoms with Gasteiger partial charge in [-0.25, -0.2) is 9.78 Å². The number of anilines is 2. The first-order valence-electron chi connectivity index (χ1n) is 5.73. The Hall–Kier alpha value is -1.78. The van der Waals surface area contributed by atoms with Gasteiger partial charge in [0.05, 0.1) is 18.4 Å².